The van der Waals surface area contributed by atoms with Gasteiger partial charge in [-0.2, -0.15) is 0 Å². The summed E-state index contributed by atoms with van der Waals surface area (Å²) in [4.78, 5) is 27.2. The number of hydrogen-bond acceptors (Lipinski definition) is 6. The van der Waals surface area contributed by atoms with Gasteiger partial charge in [0.1, 0.15) is 6.61 Å². The third kappa shape index (κ3) is 5.51. The number of aryl methyl sites for hydroxylation is 1. The first-order valence-electron chi connectivity index (χ1n) is 9.77. The van der Waals surface area contributed by atoms with E-state index in [2.05, 4.69) is 4.99 Å². The summed E-state index contributed by atoms with van der Waals surface area (Å²) in [6.07, 6.45) is 1.68. The topological polar surface area (TPSA) is 94.4 Å². The Morgan fingerprint density at radius 3 is 2.31 bits per heavy atom. The van der Waals surface area contributed by atoms with E-state index in [0.29, 0.717) is 22.7 Å². The molecule has 3 aromatic carbocycles. The molecule has 0 amide bonds. The Morgan fingerprint density at radius 1 is 0.938 bits per heavy atom. The minimum atomic E-state index is -0.969. The Morgan fingerprint density at radius 2 is 1.66 bits per heavy atom. The number of benzene rings is 3. The number of carbonyl (C=O) groups excluding carboxylic acids is 1. The van der Waals surface area contributed by atoms with Gasteiger partial charge in [0, 0.05) is 6.21 Å². The number of aromatic carboxylic acids is 1. The normalized spacial score (nSPS) is 10.7. The number of carbonyl (C=O) groups is 2. The summed E-state index contributed by atoms with van der Waals surface area (Å²) in [6, 6.07) is 17.1. The standard InChI is InChI=1S/C25H23NO6/c1-16-4-8-20(25(29)31-3)13-21(16)26-14-18-7-11-22(23(12-18)30-2)32-15-17-5-9-19(10-6-17)24(27)28/h4-14H,15H2,1-3H3,(H,27,28). The molecule has 0 fully saturated rings. The number of esters is 1. The van der Waals surface area contributed by atoms with E-state index in [1.54, 1.807) is 49.7 Å². The Kier molecular flexibility index (Phi) is 7.23. The van der Waals surface area contributed by atoms with Gasteiger partial charge in [0.05, 0.1) is 31.0 Å². The summed E-state index contributed by atoms with van der Waals surface area (Å²) < 4.78 is 16.0. The number of hydrogen-bond donors (Lipinski definition) is 1. The zero-order valence-electron chi connectivity index (χ0n) is 18.0. The van der Waals surface area contributed by atoms with Crippen molar-refractivity contribution in [1.29, 1.82) is 0 Å². The fourth-order valence-electron chi connectivity index (χ4n) is 2.93. The molecule has 3 rings (SSSR count). The third-order valence-electron chi connectivity index (χ3n) is 4.77. The summed E-state index contributed by atoms with van der Waals surface area (Å²) in [5, 5.41) is 8.98. The van der Waals surface area contributed by atoms with Gasteiger partial charge in [0.2, 0.25) is 0 Å². The zero-order valence-corrected chi connectivity index (χ0v) is 18.0. The molecule has 0 heterocycles. The van der Waals surface area contributed by atoms with Crippen molar-refractivity contribution >= 4 is 23.8 Å². The first kappa shape index (κ1) is 22.6. The molecule has 1 N–H and O–H groups in total. The lowest BCUT2D eigenvalue weighted by Crippen LogP contribution is -2.01. The molecular weight excluding hydrogens is 410 g/mol. The molecule has 164 valence electrons. The van der Waals surface area contributed by atoms with Crippen LogP contribution in [0, 0.1) is 6.92 Å². The highest BCUT2D eigenvalue weighted by Gasteiger charge is 2.09. The van der Waals surface area contributed by atoms with Gasteiger partial charge in [-0.1, -0.05) is 18.2 Å². The number of nitrogens with zero attached hydrogens (tertiary/aromatic N) is 1. The maximum atomic E-state index is 11.8. The second-order valence-electron chi connectivity index (χ2n) is 6.95. The van der Waals surface area contributed by atoms with Gasteiger partial charge in [0.15, 0.2) is 11.5 Å². The number of carboxylic acid groups (broad SMARTS) is 1. The summed E-state index contributed by atoms with van der Waals surface area (Å²) in [7, 11) is 2.89. The highest BCUT2D eigenvalue weighted by Crippen LogP contribution is 2.29. The predicted molar refractivity (Wildman–Crippen MR) is 120 cm³/mol. The van der Waals surface area contributed by atoms with Crippen LogP contribution in [0.3, 0.4) is 0 Å². The Balaban J connectivity index is 1.74. The van der Waals surface area contributed by atoms with Crippen molar-refractivity contribution in [2.24, 2.45) is 4.99 Å². The Hall–Kier alpha value is -4.13. The lowest BCUT2D eigenvalue weighted by molar-refractivity contribution is 0.0600. The number of carboxylic acids is 1. The van der Waals surface area contributed by atoms with Crippen molar-refractivity contribution in [3.05, 3.63) is 88.5 Å². The number of methoxy groups -OCH3 is 2. The van der Waals surface area contributed by atoms with Crippen LogP contribution in [0.4, 0.5) is 5.69 Å². The highest BCUT2D eigenvalue weighted by atomic mass is 16.5. The molecule has 7 heteroatoms. The molecule has 0 spiro atoms. The smallest absolute Gasteiger partial charge is 0.337 e. The van der Waals surface area contributed by atoms with Crippen LogP contribution in [-0.4, -0.2) is 37.5 Å². The SMILES string of the molecule is COC(=O)c1ccc(C)c(N=Cc2ccc(OCc3ccc(C(=O)O)cc3)c(OC)c2)c1. The van der Waals surface area contributed by atoms with Crippen LogP contribution in [0.2, 0.25) is 0 Å². The van der Waals surface area contributed by atoms with Gasteiger partial charge in [0.25, 0.3) is 0 Å². The summed E-state index contributed by atoms with van der Waals surface area (Å²) in [5.74, 6) is -0.294. The molecule has 0 aliphatic carbocycles. The van der Waals surface area contributed by atoms with Crippen molar-refractivity contribution in [2.45, 2.75) is 13.5 Å². The van der Waals surface area contributed by atoms with Crippen LogP contribution in [0.1, 0.15) is 37.4 Å². The Labute approximate surface area is 185 Å². The van der Waals surface area contributed by atoms with Gasteiger partial charge in [-0.3, -0.25) is 4.99 Å². The summed E-state index contributed by atoms with van der Waals surface area (Å²) >= 11 is 0. The fourth-order valence-corrected chi connectivity index (χ4v) is 2.93. The average molecular weight is 433 g/mol. The molecule has 0 aromatic heterocycles. The molecular formula is C25H23NO6. The van der Waals surface area contributed by atoms with E-state index in [-0.39, 0.29) is 12.2 Å². The van der Waals surface area contributed by atoms with E-state index in [0.717, 1.165) is 16.7 Å². The van der Waals surface area contributed by atoms with Gasteiger partial charge in [-0.25, -0.2) is 9.59 Å². The third-order valence-corrected chi connectivity index (χ3v) is 4.77. The van der Waals surface area contributed by atoms with E-state index < -0.39 is 11.9 Å². The first-order valence-corrected chi connectivity index (χ1v) is 9.77. The molecule has 0 aliphatic heterocycles. The largest absolute Gasteiger partial charge is 0.493 e. The lowest BCUT2D eigenvalue weighted by Gasteiger charge is -2.11. The lowest BCUT2D eigenvalue weighted by atomic mass is 10.1. The van der Waals surface area contributed by atoms with Crippen molar-refractivity contribution in [3.8, 4) is 11.5 Å². The minimum absolute atomic E-state index is 0.224. The molecule has 3 aromatic rings. The molecule has 0 radical (unpaired) electrons. The van der Waals surface area contributed by atoms with Crippen LogP contribution in [0.25, 0.3) is 0 Å². The molecule has 7 nitrogen and oxygen atoms in total. The minimum Gasteiger partial charge on any atom is -0.493 e. The molecule has 0 atom stereocenters. The first-order chi connectivity index (χ1) is 15.4. The van der Waals surface area contributed by atoms with Gasteiger partial charge >= 0.3 is 11.9 Å². The van der Waals surface area contributed by atoms with Crippen LogP contribution in [0.15, 0.2) is 65.7 Å². The molecule has 0 saturated carbocycles. The summed E-state index contributed by atoms with van der Waals surface area (Å²) in [6.45, 7) is 2.18. The molecule has 0 bridgehead atoms. The second-order valence-corrected chi connectivity index (χ2v) is 6.95. The molecule has 0 saturated heterocycles. The van der Waals surface area contributed by atoms with E-state index in [1.165, 1.54) is 19.2 Å². The van der Waals surface area contributed by atoms with E-state index in [9.17, 15) is 9.59 Å². The number of rotatable bonds is 8. The van der Waals surface area contributed by atoms with Crippen molar-refractivity contribution < 1.29 is 28.9 Å². The van der Waals surface area contributed by atoms with Crippen LogP contribution < -0.4 is 9.47 Å². The van der Waals surface area contributed by atoms with Crippen molar-refractivity contribution in [3.63, 3.8) is 0 Å². The Bertz CT molecular complexity index is 1150. The predicted octanol–water partition coefficient (Wildman–Crippen LogP) is 4.82. The van der Waals surface area contributed by atoms with E-state index >= 15 is 0 Å². The summed E-state index contributed by atoms with van der Waals surface area (Å²) in [5.41, 5.74) is 3.88. The van der Waals surface area contributed by atoms with Crippen LogP contribution in [-0.2, 0) is 11.3 Å². The van der Waals surface area contributed by atoms with Crippen LogP contribution >= 0.6 is 0 Å². The fraction of sp³-hybridized carbons (Fsp3) is 0.160. The quantitative estimate of drug-likeness (QED) is 0.404. The number of aliphatic imine (C=N–C) groups is 1. The van der Waals surface area contributed by atoms with Crippen molar-refractivity contribution in [2.75, 3.05) is 14.2 Å². The van der Waals surface area contributed by atoms with E-state index in [4.69, 9.17) is 19.3 Å². The number of ether oxygens (including phenoxy) is 3. The zero-order chi connectivity index (χ0) is 23.1. The van der Waals surface area contributed by atoms with E-state index in [1.807, 2.05) is 19.1 Å². The maximum Gasteiger partial charge on any atom is 0.337 e. The van der Waals surface area contributed by atoms with Crippen molar-refractivity contribution in [1.82, 2.24) is 0 Å². The average Bonchev–Trinajstić information content (AvgIpc) is 2.82. The molecule has 0 unspecified atom stereocenters. The van der Waals surface area contributed by atoms with Gasteiger partial charge < -0.3 is 19.3 Å². The maximum absolute atomic E-state index is 11.8. The molecule has 32 heavy (non-hydrogen) atoms. The van der Waals surface area contributed by atoms with Gasteiger partial charge in [-0.05, 0) is 66.1 Å². The van der Waals surface area contributed by atoms with Gasteiger partial charge in [-0.15, -0.1) is 0 Å². The van der Waals surface area contributed by atoms with Crippen LogP contribution in [0.5, 0.6) is 11.5 Å². The highest BCUT2D eigenvalue weighted by molar-refractivity contribution is 5.91. The molecule has 0 aliphatic rings. The second kappa shape index (κ2) is 10.3. The monoisotopic (exact) mass is 433 g/mol.